The summed E-state index contributed by atoms with van der Waals surface area (Å²) in [7, 11) is 0. The van der Waals surface area contributed by atoms with Gasteiger partial charge in [0.05, 0.1) is 18.8 Å². The van der Waals surface area contributed by atoms with Crippen LogP contribution in [0.2, 0.25) is 0 Å². The Morgan fingerprint density at radius 1 is 1.37 bits per heavy atom. The van der Waals surface area contributed by atoms with E-state index in [1.165, 1.54) is 11.5 Å². The highest BCUT2D eigenvalue weighted by Gasteiger charge is 2.18. The zero-order chi connectivity index (χ0) is 13.7. The van der Waals surface area contributed by atoms with E-state index in [1.54, 1.807) is 6.20 Å². The summed E-state index contributed by atoms with van der Waals surface area (Å²) in [6.45, 7) is 6.18. The Morgan fingerprint density at radius 3 is 2.84 bits per heavy atom. The largest absolute Gasteiger partial charge is 0.487 e. The molecule has 2 heterocycles. The summed E-state index contributed by atoms with van der Waals surface area (Å²) >= 11 is 1.37. The van der Waals surface area contributed by atoms with E-state index in [2.05, 4.69) is 21.2 Å². The second-order valence-corrected chi connectivity index (χ2v) is 4.72. The topological polar surface area (TPSA) is 64.3 Å². The van der Waals surface area contributed by atoms with Gasteiger partial charge < -0.3 is 15.4 Å². The summed E-state index contributed by atoms with van der Waals surface area (Å²) in [5.74, 6) is 1.15. The van der Waals surface area contributed by atoms with Gasteiger partial charge in [0, 0.05) is 12.7 Å². The van der Waals surface area contributed by atoms with Gasteiger partial charge in [-0.1, -0.05) is 6.07 Å². The van der Waals surface area contributed by atoms with Gasteiger partial charge in [0.25, 0.3) is 0 Å². The van der Waals surface area contributed by atoms with E-state index in [0.717, 1.165) is 23.8 Å². The highest BCUT2D eigenvalue weighted by molar-refractivity contribution is 7.11. The normalized spacial score (nSPS) is 10.4. The van der Waals surface area contributed by atoms with Crippen molar-refractivity contribution >= 4 is 22.4 Å². The lowest BCUT2D eigenvalue weighted by Gasteiger charge is -2.21. The molecule has 2 aromatic heterocycles. The van der Waals surface area contributed by atoms with Crippen LogP contribution in [-0.2, 0) is 6.54 Å². The molecule has 0 aromatic carbocycles. The fraction of sp³-hybridized carbons (Fsp3) is 0.385. The molecular formula is C13H18N4OS. The van der Waals surface area contributed by atoms with E-state index in [9.17, 15) is 0 Å². The first-order valence-corrected chi connectivity index (χ1v) is 7.06. The Balaban J connectivity index is 2.22. The first-order valence-electron chi connectivity index (χ1n) is 6.29. The minimum atomic E-state index is 0.460. The maximum atomic E-state index is 5.85. The van der Waals surface area contributed by atoms with Crippen molar-refractivity contribution in [2.45, 2.75) is 20.4 Å². The molecule has 0 aliphatic heterocycles. The zero-order valence-electron chi connectivity index (χ0n) is 11.2. The molecule has 0 spiro atoms. The standard InChI is InChI=1S/C13H18N4OS/c1-3-17(9-10-7-5-6-8-15-10)13-11(18-4-2)12(14)16-19-13/h5-8H,3-4,9H2,1-2H3,(H2,14,16). The number of hydrogen-bond donors (Lipinski definition) is 1. The van der Waals surface area contributed by atoms with Crippen LogP contribution in [0.4, 0.5) is 10.8 Å². The highest BCUT2D eigenvalue weighted by Crippen LogP contribution is 2.38. The van der Waals surface area contributed by atoms with Gasteiger partial charge in [-0.05, 0) is 37.5 Å². The van der Waals surface area contributed by atoms with Gasteiger partial charge >= 0.3 is 0 Å². The Labute approximate surface area is 117 Å². The van der Waals surface area contributed by atoms with Crippen LogP contribution in [0.3, 0.4) is 0 Å². The molecule has 2 N–H and O–H groups in total. The summed E-state index contributed by atoms with van der Waals surface area (Å²) in [5, 5.41) is 0.965. The Hall–Kier alpha value is -1.82. The van der Waals surface area contributed by atoms with Gasteiger partial charge in [0.1, 0.15) is 0 Å². The van der Waals surface area contributed by atoms with Crippen molar-refractivity contribution in [1.29, 1.82) is 0 Å². The summed E-state index contributed by atoms with van der Waals surface area (Å²) in [6, 6.07) is 5.91. The van der Waals surface area contributed by atoms with Crippen molar-refractivity contribution in [3.63, 3.8) is 0 Å². The zero-order valence-corrected chi connectivity index (χ0v) is 12.0. The number of pyridine rings is 1. The van der Waals surface area contributed by atoms with Crippen LogP contribution in [0.15, 0.2) is 24.4 Å². The van der Waals surface area contributed by atoms with E-state index < -0.39 is 0 Å². The first-order chi connectivity index (χ1) is 9.26. The summed E-state index contributed by atoms with van der Waals surface area (Å²) < 4.78 is 9.77. The minimum Gasteiger partial charge on any atom is -0.487 e. The number of nitrogen functional groups attached to an aromatic ring is 1. The maximum Gasteiger partial charge on any atom is 0.197 e. The fourth-order valence-electron chi connectivity index (χ4n) is 1.78. The molecule has 102 valence electrons. The molecular weight excluding hydrogens is 260 g/mol. The lowest BCUT2D eigenvalue weighted by atomic mass is 10.3. The van der Waals surface area contributed by atoms with Crippen molar-refractivity contribution in [2.75, 3.05) is 23.8 Å². The van der Waals surface area contributed by atoms with Gasteiger partial charge in [-0.15, -0.1) is 0 Å². The second-order valence-electron chi connectivity index (χ2n) is 3.97. The van der Waals surface area contributed by atoms with E-state index in [4.69, 9.17) is 10.5 Å². The SMILES string of the molecule is CCOc1c(N)nsc1N(CC)Cc1ccccn1. The van der Waals surface area contributed by atoms with Crippen LogP contribution < -0.4 is 15.4 Å². The molecule has 0 atom stereocenters. The van der Waals surface area contributed by atoms with Crippen LogP contribution in [-0.4, -0.2) is 22.5 Å². The van der Waals surface area contributed by atoms with Crippen molar-refractivity contribution in [2.24, 2.45) is 0 Å². The molecule has 0 unspecified atom stereocenters. The second kappa shape index (κ2) is 6.38. The summed E-state index contributed by atoms with van der Waals surface area (Å²) in [5.41, 5.74) is 6.86. The lowest BCUT2D eigenvalue weighted by molar-refractivity contribution is 0.343. The smallest absolute Gasteiger partial charge is 0.197 e. The van der Waals surface area contributed by atoms with Crippen molar-refractivity contribution < 1.29 is 4.74 Å². The van der Waals surface area contributed by atoms with Crippen LogP contribution in [0, 0.1) is 0 Å². The molecule has 2 aromatic rings. The average Bonchev–Trinajstić information content (AvgIpc) is 2.79. The van der Waals surface area contributed by atoms with Gasteiger partial charge in [-0.3, -0.25) is 4.98 Å². The van der Waals surface area contributed by atoms with Crippen molar-refractivity contribution in [1.82, 2.24) is 9.36 Å². The molecule has 6 heteroatoms. The minimum absolute atomic E-state index is 0.460. The number of rotatable bonds is 6. The van der Waals surface area contributed by atoms with E-state index in [-0.39, 0.29) is 0 Å². The first kappa shape index (κ1) is 13.6. The van der Waals surface area contributed by atoms with Crippen LogP contribution in [0.25, 0.3) is 0 Å². The van der Waals surface area contributed by atoms with E-state index in [1.807, 2.05) is 25.1 Å². The molecule has 0 bridgehead atoms. The number of nitrogens with two attached hydrogens (primary N) is 1. The van der Waals surface area contributed by atoms with Crippen LogP contribution >= 0.6 is 11.5 Å². The number of ether oxygens (including phenoxy) is 1. The monoisotopic (exact) mass is 278 g/mol. The maximum absolute atomic E-state index is 5.85. The van der Waals surface area contributed by atoms with Crippen LogP contribution in [0.1, 0.15) is 19.5 Å². The predicted molar refractivity (Wildman–Crippen MR) is 78.7 cm³/mol. The highest BCUT2D eigenvalue weighted by atomic mass is 32.1. The predicted octanol–water partition coefficient (Wildman–Crippen LogP) is 2.55. The van der Waals surface area contributed by atoms with Gasteiger partial charge in [0.15, 0.2) is 16.6 Å². The molecule has 0 aliphatic rings. The summed E-state index contributed by atoms with van der Waals surface area (Å²) in [4.78, 5) is 6.51. The Kier molecular flexibility index (Phi) is 4.57. The molecule has 19 heavy (non-hydrogen) atoms. The van der Waals surface area contributed by atoms with Crippen LogP contribution in [0.5, 0.6) is 5.75 Å². The molecule has 0 radical (unpaired) electrons. The fourth-order valence-corrected chi connectivity index (χ4v) is 2.60. The third kappa shape index (κ3) is 3.14. The average molecular weight is 278 g/mol. The van der Waals surface area contributed by atoms with Gasteiger partial charge in [-0.25, -0.2) is 0 Å². The Morgan fingerprint density at radius 2 is 2.21 bits per heavy atom. The molecule has 0 amide bonds. The van der Waals surface area contributed by atoms with Gasteiger partial charge in [0.2, 0.25) is 0 Å². The molecule has 5 nitrogen and oxygen atoms in total. The third-order valence-corrected chi connectivity index (χ3v) is 3.60. The summed E-state index contributed by atoms with van der Waals surface area (Å²) in [6.07, 6.45) is 1.80. The number of anilines is 2. The Bertz CT molecular complexity index is 515. The molecule has 0 saturated carbocycles. The quantitative estimate of drug-likeness (QED) is 0.879. The number of aromatic nitrogens is 2. The number of hydrogen-bond acceptors (Lipinski definition) is 6. The van der Waals surface area contributed by atoms with Crippen molar-refractivity contribution in [3.05, 3.63) is 30.1 Å². The molecule has 0 aliphatic carbocycles. The molecule has 0 fully saturated rings. The number of nitrogens with zero attached hydrogens (tertiary/aromatic N) is 3. The lowest BCUT2D eigenvalue weighted by Crippen LogP contribution is -2.22. The molecule has 0 saturated heterocycles. The van der Waals surface area contributed by atoms with E-state index in [0.29, 0.717) is 18.2 Å². The van der Waals surface area contributed by atoms with E-state index >= 15 is 0 Å². The van der Waals surface area contributed by atoms with Gasteiger partial charge in [-0.2, -0.15) is 4.37 Å². The molecule has 2 rings (SSSR count). The van der Waals surface area contributed by atoms with Crippen molar-refractivity contribution in [3.8, 4) is 5.75 Å². The third-order valence-electron chi connectivity index (χ3n) is 2.69.